The van der Waals surface area contributed by atoms with E-state index in [1.165, 1.54) is 10.5 Å². The van der Waals surface area contributed by atoms with Crippen LogP contribution in [0.5, 0.6) is 0 Å². The number of nitrogens with zero attached hydrogens (tertiary/aromatic N) is 1. The lowest BCUT2D eigenvalue weighted by molar-refractivity contribution is -0.143. The molecule has 2 aliphatic heterocycles. The van der Waals surface area contributed by atoms with Crippen molar-refractivity contribution >= 4 is 17.7 Å². The summed E-state index contributed by atoms with van der Waals surface area (Å²) in [7, 11) is 0. The van der Waals surface area contributed by atoms with Crippen molar-refractivity contribution in [2.45, 2.75) is 23.8 Å². The number of hydrogen-bond donors (Lipinski definition) is 1. The molecule has 3 rings (SSSR count). The van der Waals surface area contributed by atoms with Crippen molar-refractivity contribution in [2.24, 2.45) is 5.92 Å². The van der Waals surface area contributed by atoms with Gasteiger partial charge in [-0.25, -0.2) is 0 Å². The second-order valence-electron chi connectivity index (χ2n) is 5.68. The van der Waals surface area contributed by atoms with E-state index in [2.05, 4.69) is 36.1 Å². The number of likely N-dealkylation sites (N-methyl/N-ethyl adjacent to an activating group) is 1. The standard InChI is InChI=1S/C16H21NO3S/c1-2-17(14-9-20-8-13(14)16(18)19)7-11-10-21-15-6-4-3-5-12(11)15/h3-6,11,13-14H,2,7-10H2,1H3,(H,18,19). The second kappa shape index (κ2) is 6.38. The van der Waals surface area contributed by atoms with Crippen LogP contribution in [0.15, 0.2) is 29.2 Å². The highest BCUT2D eigenvalue weighted by molar-refractivity contribution is 7.99. The summed E-state index contributed by atoms with van der Waals surface area (Å²) in [6, 6.07) is 8.55. The number of rotatable bonds is 5. The number of thioether (sulfide) groups is 1. The van der Waals surface area contributed by atoms with Crippen LogP contribution in [0.3, 0.4) is 0 Å². The van der Waals surface area contributed by atoms with Gasteiger partial charge in [-0.05, 0) is 18.2 Å². The molecule has 4 nitrogen and oxygen atoms in total. The molecule has 5 heteroatoms. The molecule has 0 spiro atoms. The van der Waals surface area contributed by atoms with Crippen molar-refractivity contribution in [2.75, 3.05) is 32.1 Å². The first-order chi connectivity index (χ1) is 10.2. The number of fused-ring (bicyclic) bond motifs is 1. The molecule has 3 unspecified atom stereocenters. The third kappa shape index (κ3) is 2.96. The van der Waals surface area contributed by atoms with Gasteiger partial charge in [-0.1, -0.05) is 25.1 Å². The highest BCUT2D eigenvalue weighted by Gasteiger charge is 2.38. The number of hydrogen-bond acceptors (Lipinski definition) is 4. The van der Waals surface area contributed by atoms with Crippen LogP contribution >= 0.6 is 11.8 Å². The molecule has 1 aromatic rings. The van der Waals surface area contributed by atoms with Gasteiger partial charge in [-0.15, -0.1) is 11.8 Å². The molecule has 2 aliphatic rings. The van der Waals surface area contributed by atoms with E-state index < -0.39 is 11.9 Å². The van der Waals surface area contributed by atoms with Gasteiger partial charge in [0.15, 0.2) is 0 Å². The van der Waals surface area contributed by atoms with Crippen molar-refractivity contribution in [1.82, 2.24) is 4.90 Å². The molecule has 0 amide bonds. The first-order valence-electron chi connectivity index (χ1n) is 7.47. The normalized spacial score (nSPS) is 28.0. The number of ether oxygens (including phenoxy) is 1. The predicted octanol–water partition coefficient (Wildman–Crippen LogP) is 2.30. The van der Waals surface area contributed by atoms with Crippen molar-refractivity contribution < 1.29 is 14.6 Å². The molecule has 0 saturated carbocycles. The maximum Gasteiger partial charge on any atom is 0.310 e. The quantitative estimate of drug-likeness (QED) is 0.904. The Morgan fingerprint density at radius 3 is 3.00 bits per heavy atom. The maximum atomic E-state index is 11.4. The molecule has 1 aromatic carbocycles. The van der Waals surface area contributed by atoms with Crippen molar-refractivity contribution in [3.05, 3.63) is 29.8 Å². The molecule has 0 aliphatic carbocycles. The molecule has 21 heavy (non-hydrogen) atoms. The van der Waals surface area contributed by atoms with Crippen LogP contribution in [0, 0.1) is 5.92 Å². The highest BCUT2D eigenvalue weighted by Crippen LogP contribution is 2.40. The van der Waals surface area contributed by atoms with E-state index in [1.807, 2.05) is 11.8 Å². The molecule has 114 valence electrons. The summed E-state index contributed by atoms with van der Waals surface area (Å²) >= 11 is 1.90. The SMILES string of the molecule is CCN(CC1CSc2ccccc21)C1COCC1C(=O)O. The van der Waals surface area contributed by atoms with Gasteiger partial charge in [0, 0.05) is 29.2 Å². The summed E-state index contributed by atoms with van der Waals surface area (Å²) in [5, 5.41) is 9.34. The third-order valence-electron chi connectivity index (χ3n) is 4.50. The molecule has 0 radical (unpaired) electrons. The lowest BCUT2D eigenvalue weighted by Crippen LogP contribution is -2.44. The molecule has 1 saturated heterocycles. The number of carboxylic acids is 1. The Morgan fingerprint density at radius 2 is 2.24 bits per heavy atom. The molecule has 3 atom stereocenters. The van der Waals surface area contributed by atoms with Crippen LogP contribution in [0.25, 0.3) is 0 Å². The highest BCUT2D eigenvalue weighted by atomic mass is 32.2. The average Bonchev–Trinajstić information content (AvgIpc) is 3.12. The fraction of sp³-hybridized carbons (Fsp3) is 0.562. The van der Waals surface area contributed by atoms with Crippen LogP contribution in [0.2, 0.25) is 0 Å². The van der Waals surface area contributed by atoms with Crippen molar-refractivity contribution in [1.29, 1.82) is 0 Å². The Kier molecular flexibility index (Phi) is 4.52. The summed E-state index contributed by atoms with van der Waals surface area (Å²) in [5.74, 6) is 0.439. The first kappa shape index (κ1) is 14.9. The fourth-order valence-corrected chi connectivity index (χ4v) is 4.54. The second-order valence-corrected chi connectivity index (χ2v) is 6.74. The van der Waals surface area contributed by atoms with Gasteiger partial charge < -0.3 is 9.84 Å². The summed E-state index contributed by atoms with van der Waals surface area (Å²) in [6.07, 6.45) is 0. The summed E-state index contributed by atoms with van der Waals surface area (Å²) in [6.45, 7) is 4.75. The van der Waals surface area contributed by atoms with E-state index in [4.69, 9.17) is 4.74 Å². The number of aliphatic carboxylic acids is 1. The molecule has 0 aromatic heterocycles. The minimum absolute atomic E-state index is 0.00487. The van der Waals surface area contributed by atoms with Gasteiger partial charge in [0.2, 0.25) is 0 Å². The van der Waals surface area contributed by atoms with Gasteiger partial charge in [0.25, 0.3) is 0 Å². The lowest BCUT2D eigenvalue weighted by Gasteiger charge is -2.31. The molecule has 0 bridgehead atoms. The minimum atomic E-state index is -0.739. The fourth-order valence-electron chi connectivity index (χ4n) is 3.30. The van der Waals surface area contributed by atoms with Crippen LogP contribution in [0.4, 0.5) is 0 Å². The third-order valence-corrected chi connectivity index (χ3v) is 5.75. The number of carboxylic acid groups (broad SMARTS) is 1. The monoisotopic (exact) mass is 307 g/mol. The zero-order valence-electron chi connectivity index (χ0n) is 12.2. The maximum absolute atomic E-state index is 11.4. The Morgan fingerprint density at radius 1 is 1.43 bits per heavy atom. The van der Waals surface area contributed by atoms with E-state index in [-0.39, 0.29) is 6.04 Å². The smallest absolute Gasteiger partial charge is 0.310 e. The Hall–Kier alpha value is -1.04. The zero-order valence-corrected chi connectivity index (χ0v) is 13.0. The molecule has 1 N–H and O–H groups in total. The van der Waals surface area contributed by atoms with E-state index in [0.717, 1.165) is 18.8 Å². The Labute approximate surface area is 129 Å². The predicted molar refractivity (Wildman–Crippen MR) is 82.9 cm³/mol. The lowest BCUT2D eigenvalue weighted by atomic mass is 9.97. The van der Waals surface area contributed by atoms with Crippen LogP contribution in [-0.2, 0) is 9.53 Å². The molecular weight excluding hydrogens is 286 g/mol. The van der Waals surface area contributed by atoms with E-state index in [9.17, 15) is 9.90 Å². The Balaban J connectivity index is 1.72. The van der Waals surface area contributed by atoms with Gasteiger partial charge in [-0.3, -0.25) is 9.69 Å². The van der Waals surface area contributed by atoms with E-state index in [1.54, 1.807) is 0 Å². The molecule has 2 heterocycles. The van der Waals surface area contributed by atoms with Gasteiger partial charge in [0.1, 0.15) is 0 Å². The molecular formula is C16H21NO3S. The molecule has 1 fully saturated rings. The van der Waals surface area contributed by atoms with Gasteiger partial charge in [-0.2, -0.15) is 0 Å². The Bertz CT molecular complexity index is 522. The van der Waals surface area contributed by atoms with Crippen molar-refractivity contribution in [3.8, 4) is 0 Å². The first-order valence-corrected chi connectivity index (χ1v) is 8.45. The van der Waals surface area contributed by atoms with Crippen LogP contribution < -0.4 is 0 Å². The minimum Gasteiger partial charge on any atom is -0.481 e. The van der Waals surface area contributed by atoms with E-state index in [0.29, 0.717) is 19.1 Å². The summed E-state index contributed by atoms with van der Waals surface area (Å²) in [5.41, 5.74) is 1.41. The van der Waals surface area contributed by atoms with Gasteiger partial charge in [0.05, 0.1) is 19.1 Å². The van der Waals surface area contributed by atoms with Gasteiger partial charge >= 0.3 is 5.97 Å². The van der Waals surface area contributed by atoms with Crippen molar-refractivity contribution in [3.63, 3.8) is 0 Å². The van der Waals surface area contributed by atoms with Crippen LogP contribution in [0.1, 0.15) is 18.4 Å². The number of benzene rings is 1. The largest absolute Gasteiger partial charge is 0.481 e. The topological polar surface area (TPSA) is 49.8 Å². The summed E-state index contributed by atoms with van der Waals surface area (Å²) < 4.78 is 5.42. The number of carbonyl (C=O) groups is 1. The van der Waals surface area contributed by atoms with E-state index >= 15 is 0 Å². The van der Waals surface area contributed by atoms with Crippen LogP contribution in [-0.4, -0.2) is 54.1 Å². The summed E-state index contributed by atoms with van der Waals surface area (Å²) in [4.78, 5) is 15.0. The zero-order chi connectivity index (χ0) is 14.8. The average molecular weight is 307 g/mol.